The van der Waals surface area contributed by atoms with Crippen LogP contribution in [0.5, 0.6) is 0 Å². The van der Waals surface area contributed by atoms with E-state index in [9.17, 15) is 19.5 Å². The molecule has 3 amide bonds. The second kappa shape index (κ2) is 7.46. The number of anilines is 1. The fraction of sp³-hybridized carbons (Fsp3) is 0.115. The Kier molecular flexibility index (Phi) is 4.50. The molecule has 3 aromatic carbocycles. The van der Waals surface area contributed by atoms with Crippen molar-refractivity contribution in [1.82, 2.24) is 9.88 Å². The lowest BCUT2D eigenvalue weighted by Crippen LogP contribution is -2.44. The summed E-state index contributed by atoms with van der Waals surface area (Å²) in [6, 6.07) is 18.9. The van der Waals surface area contributed by atoms with Gasteiger partial charge in [0.1, 0.15) is 12.1 Å². The van der Waals surface area contributed by atoms with Crippen LogP contribution in [0.1, 0.15) is 33.2 Å². The average molecular weight is 471 g/mol. The van der Waals surface area contributed by atoms with Gasteiger partial charge in [0, 0.05) is 33.6 Å². The van der Waals surface area contributed by atoms with Crippen molar-refractivity contribution in [2.75, 3.05) is 4.90 Å². The van der Waals surface area contributed by atoms with Gasteiger partial charge in [-0.05, 0) is 35.4 Å². The monoisotopic (exact) mass is 470 g/mol. The summed E-state index contributed by atoms with van der Waals surface area (Å²) in [6.07, 6.45) is 0.310. The number of H-pyrrole nitrogens is 1. The van der Waals surface area contributed by atoms with Crippen LogP contribution >= 0.6 is 11.6 Å². The van der Waals surface area contributed by atoms with Crippen molar-refractivity contribution in [3.8, 4) is 0 Å². The van der Waals surface area contributed by atoms with Gasteiger partial charge in [0.25, 0.3) is 5.91 Å². The number of rotatable bonds is 3. The zero-order chi connectivity index (χ0) is 23.6. The number of amides is 3. The first-order chi connectivity index (χ1) is 16.5. The highest BCUT2D eigenvalue weighted by Crippen LogP contribution is 2.45. The second-order valence-corrected chi connectivity index (χ2v) is 8.84. The highest BCUT2D eigenvalue weighted by Gasteiger charge is 2.53. The molecule has 2 aliphatic heterocycles. The molecule has 4 aromatic rings. The highest BCUT2D eigenvalue weighted by atomic mass is 35.5. The summed E-state index contributed by atoms with van der Waals surface area (Å²) < 4.78 is 0. The van der Waals surface area contributed by atoms with Gasteiger partial charge >= 0.3 is 6.03 Å². The van der Waals surface area contributed by atoms with Crippen molar-refractivity contribution in [2.24, 2.45) is 0 Å². The van der Waals surface area contributed by atoms with E-state index in [1.807, 2.05) is 30.3 Å². The zero-order valence-corrected chi connectivity index (χ0v) is 18.5. The Balaban J connectivity index is 1.56. The van der Waals surface area contributed by atoms with Crippen molar-refractivity contribution in [3.05, 3.63) is 100 Å². The Hall–Kier alpha value is -4.10. The van der Waals surface area contributed by atoms with Gasteiger partial charge in [0.15, 0.2) is 0 Å². The lowest BCUT2D eigenvalue weighted by atomic mass is 9.89. The van der Waals surface area contributed by atoms with Crippen LogP contribution in [0.4, 0.5) is 10.5 Å². The maximum absolute atomic E-state index is 13.8. The van der Waals surface area contributed by atoms with Gasteiger partial charge < -0.3 is 14.9 Å². The van der Waals surface area contributed by atoms with Crippen LogP contribution in [-0.4, -0.2) is 33.8 Å². The van der Waals surface area contributed by atoms with Crippen LogP contribution in [0, 0.1) is 0 Å². The third-order valence-corrected chi connectivity index (χ3v) is 6.81. The van der Waals surface area contributed by atoms with Gasteiger partial charge in [-0.15, -0.1) is 0 Å². The Morgan fingerprint density at radius 3 is 2.56 bits per heavy atom. The number of imide groups is 1. The number of halogens is 1. The number of aromatic amines is 1. The van der Waals surface area contributed by atoms with Gasteiger partial charge in [-0.25, -0.2) is 9.69 Å². The SMILES string of the molecule is O=C([O-])c1ccccc1N1C(=O)[C@@H]2Cc3c([nH]c4ccccc34)[C@H](c3cccc(Cl)c3)N2C1=O. The fourth-order valence-corrected chi connectivity index (χ4v) is 5.36. The number of aromatic carboxylic acids is 1. The van der Waals surface area contributed by atoms with E-state index in [2.05, 4.69) is 4.98 Å². The molecule has 168 valence electrons. The number of carboxylic acids is 1. The Morgan fingerprint density at radius 2 is 1.76 bits per heavy atom. The lowest BCUT2D eigenvalue weighted by Gasteiger charge is -2.36. The van der Waals surface area contributed by atoms with E-state index in [1.165, 1.54) is 23.1 Å². The summed E-state index contributed by atoms with van der Waals surface area (Å²) in [5, 5.41) is 13.2. The predicted octanol–water partition coefficient (Wildman–Crippen LogP) is 3.67. The summed E-state index contributed by atoms with van der Waals surface area (Å²) >= 11 is 6.29. The Labute approximate surface area is 199 Å². The average Bonchev–Trinajstić information content (AvgIpc) is 3.32. The number of urea groups is 1. The minimum atomic E-state index is -1.45. The van der Waals surface area contributed by atoms with E-state index in [0.29, 0.717) is 11.4 Å². The number of carbonyl (C=O) groups is 3. The number of nitrogens with zero attached hydrogens (tertiary/aromatic N) is 2. The maximum atomic E-state index is 13.8. The standard InChI is InChI=1S/C26H18ClN3O4/c27-15-7-5-6-14(12-15)23-22-18(16-8-1-3-10-19(16)28-22)13-21-24(31)30(26(34)29(21)23)20-11-4-2-9-17(20)25(32)33/h1-12,21,23,28H,13H2,(H,32,33)/p-1/t21-,23-/m0/s1. The van der Waals surface area contributed by atoms with E-state index in [1.54, 1.807) is 24.3 Å². The molecular formula is C26H17ClN3O4-. The molecule has 6 rings (SSSR count). The topological polar surface area (TPSA) is 96.5 Å². The van der Waals surface area contributed by atoms with Crippen LogP contribution < -0.4 is 10.0 Å². The smallest absolute Gasteiger partial charge is 0.332 e. The number of nitrogens with one attached hydrogen (secondary N) is 1. The molecule has 1 fully saturated rings. The number of para-hydroxylation sites is 2. The number of hydrogen-bond acceptors (Lipinski definition) is 4. The van der Waals surface area contributed by atoms with Crippen molar-refractivity contribution in [2.45, 2.75) is 18.5 Å². The fourth-order valence-electron chi connectivity index (χ4n) is 5.16. The van der Waals surface area contributed by atoms with Gasteiger partial charge in [0.2, 0.25) is 0 Å². The van der Waals surface area contributed by atoms with E-state index in [4.69, 9.17) is 11.6 Å². The first-order valence-corrected chi connectivity index (χ1v) is 11.1. The molecule has 34 heavy (non-hydrogen) atoms. The van der Waals surface area contributed by atoms with Gasteiger partial charge in [-0.2, -0.15) is 0 Å². The van der Waals surface area contributed by atoms with Crippen molar-refractivity contribution in [3.63, 3.8) is 0 Å². The predicted molar refractivity (Wildman–Crippen MR) is 125 cm³/mol. The van der Waals surface area contributed by atoms with E-state index in [-0.39, 0.29) is 11.3 Å². The molecule has 1 saturated heterocycles. The zero-order valence-electron chi connectivity index (χ0n) is 17.7. The largest absolute Gasteiger partial charge is 0.545 e. The normalized spacial score (nSPS) is 19.4. The number of carbonyl (C=O) groups excluding carboxylic acids is 3. The lowest BCUT2D eigenvalue weighted by molar-refractivity contribution is -0.254. The number of carboxylic acid groups (broad SMARTS) is 1. The molecule has 2 atom stereocenters. The molecule has 0 aliphatic carbocycles. The summed E-state index contributed by atoms with van der Waals surface area (Å²) in [6.45, 7) is 0. The van der Waals surface area contributed by atoms with Crippen LogP contribution in [0.25, 0.3) is 10.9 Å². The molecule has 3 heterocycles. The van der Waals surface area contributed by atoms with E-state index in [0.717, 1.165) is 32.6 Å². The van der Waals surface area contributed by atoms with Crippen LogP contribution in [-0.2, 0) is 11.2 Å². The number of hydrogen-bond donors (Lipinski definition) is 1. The maximum Gasteiger partial charge on any atom is 0.332 e. The van der Waals surface area contributed by atoms with Gasteiger partial charge in [-0.3, -0.25) is 9.69 Å². The summed E-state index contributed by atoms with van der Waals surface area (Å²) in [7, 11) is 0. The molecule has 7 nitrogen and oxygen atoms in total. The molecule has 1 aromatic heterocycles. The molecule has 0 saturated carbocycles. The molecule has 8 heteroatoms. The Morgan fingerprint density at radius 1 is 1.00 bits per heavy atom. The van der Waals surface area contributed by atoms with Gasteiger partial charge in [0.05, 0.1) is 11.7 Å². The molecule has 0 unspecified atom stereocenters. The van der Waals surface area contributed by atoms with Crippen molar-refractivity contribution >= 4 is 46.1 Å². The first-order valence-electron chi connectivity index (χ1n) is 10.8. The van der Waals surface area contributed by atoms with E-state index < -0.39 is 30.0 Å². The summed E-state index contributed by atoms with van der Waals surface area (Å²) in [5.74, 6) is -1.93. The van der Waals surface area contributed by atoms with Crippen LogP contribution in [0.15, 0.2) is 72.8 Å². The third kappa shape index (κ3) is 2.87. The minimum Gasteiger partial charge on any atom is -0.545 e. The first kappa shape index (κ1) is 20.5. The molecule has 0 bridgehead atoms. The number of benzene rings is 3. The summed E-state index contributed by atoms with van der Waals surface area (Å²) in [5.41, 5.74) is 3.23. The van der Waals surface area contributed by atoms with Crippen LogP contribution in [0.2, 0.25) is 5.02 Å². The molecule has 1 N–H and O–H groups in total. The van der Waals surface area contributed by atoms with Crippen molar-refractivity contribution < 1.29 is 19.5 Å². The molecule has 2 aliphatic rings. The number of fused-ring (bicyclic) bond motifs is 4. The quantitative estimate of drug-likeness (QED) is 0.462. The van der Waals surface area contributed by atoms with Crippen LogP contribution in [0.3, 0.4) is 0 Å². The second-order valence-electron chi connectivity index (χ2n) is 8.41. The van der Waals surface area contributed by atoms with Gasteiger partial charge in [-0.1, -0.05) is 60.1 Å². The number of aromatic nitrogens is 1. The van der Waals surface area contributed by atoms with Crippen molar-refractivity contribution in [1.29, 1.82) is 0 Å². The Bertz CT molecular complexity index is 1510. The molecular weight excluding hydrogens is 454 g/mol. The minimum absolute atomic E-state index is 0.00487. The third-order valence-electron chi connectivity index (χ3n) is 6.58. The molecule has 0 spiro atoms. The molecule has 0 radical (unpaired) electrons. The van der Waals surface area contributed by atoms with E-state index >= 15 is 0 Å². The highest BCUT2D eigenvalue weighted by molar-refractivity contribution is 6.30. The summed E-state index contributed by atoms with van der Waals surface area (Å²) in [4.78, 5) is 45.1.